The lowest BCUT2D eigenvalue weighted by Crippen LogP contribution is -2.72. The number of carbonyl (C=O) groups is 2. The number of urea groups is 1. The average Bonchev–Trinajstić information content (AvgIpc) is 2.66. The van der Waals surface area contributed by atoms with E-state index in [-0.39, 0.29) is 16.1 Å². The number of methoxy groups -OCH3 is 1. The Morgan fingerprint density at radius 3 is 2.45 bits per heavy atom. The van der Waals surface area contributed by atoms with E-state index in [0.717, 1.165) is 0 Å². The van der Waals surface area contributed by atoms with Crippen molar-refractivity contribution in [2.24, 2.45) is 5.92 Å². The van der Waals surface area contributed by atoms with Crippen LogP contribution in [0.25, 0.3) is 0 Å². The number of hydrogen-bond acceptors (Lipinski definition) is 4. The van der Waals surface area contributed by atoms with Gasteiger partial charge in [0, 0.05) is 10.6 Å². The lowest BCUT2D eigenvalue weighted by Gasteiger charge is -2.45. The number of Topliss-reactive ketones (excluding diaryl/α,β-unsaturated/α-hetero) is 1. The zero-order valence-corrected chi connectivity index (χ0v) is 15.7. The van der Waals surface area contributed by atoms with Gasteiger partial charge in [-0.05, 0) is 42.0 Å². The number of hydrogen-bond donors (Lipinski definition) is 3. The van der Waals surface area contributed by atoms with Gasteiger partial charge in [-0.25, -0.2) is 4.79 Å². The molecule has 2 aromatic carbocycles. The molecule has 1 heterocycles. The van der Waals surface area contributed by atoms with Crippen LogP contribution in [0.1, 0.15) is 22.0 Å². The van der Waals surface area contributed by atoms with Crippen molar-refractivity contribution in [2.45, 2.75) is 17.9 Å². The van der Waals surface area contributed by atoms with E-state index in [4.69, 9.17) is 16.3 Å². The molecule has 0 unspecified atom stereocenters. The molecule has 1 fully saturated rings. The summed E-state index contributed by atoms with van der Waals surface area (Å²) in [5.41, 5.74) is -3.73. The van der Waals surface area contributed by atoms with E-state index in [9.17, 15) is 27.9 Å². The molecule has 29 heavy (non-hydrogen) atoms. The monoisotopic (exact) mass is 428 g/mol. The molecular formula is C19H16ClF3N2O4. The third-order valence-corrected chi connectivity index (χ3v) is 4.92. The Balaban J connectivity index is 2.16. The fraction of sp³-hybridized carbons (Fsp3) is 0.263. The van der Waals surface area contributed by atoms with Crippen molar-refractivity contribution in [3.63, 3.8) is 0 Å². The van der Waals surface area contributed by atoms with Crippen LogP contribution in [0, 0.1) is 5.92 Å². The van der Waals surface area contributed by atoms with Gasteiger partial charge in [0.1, 0.15) is 11.7 Å². The zero-order valence-electron chi connectivity index (χ0n) is 15.0. The van der Waals surface area contributed by atoms with E-state index in [1.807, 2.05) is 0 Å². The zero-order chi connectivity index (χ0) is 21.4. The standard InChI is InChI=1S/C19H16ClF3N2O4/c1-29-13-4-2-3-11(9-13)15-14(16(26)10-5-7-12(20)8-6-10)18(28,19(21,22)23)25-17(27)24-15/h2-9,14-15,28H,1H3,(H2,24,25,27)/t14-,15+,18+/m0/s1. The predicted molar refractivity (Wildman–Crippen MR) is 97.7 cm³/mol. The first-order valence-electron chi connectivity index (χ1n) is 8.38. The maximum absolute atomic E-state index is 13.8. The highest BCUT2D eigenvalue weighted by Crippen LogP contribution is 2.44. The maximum atomic E-state index is 13.8. The van der Waals surface area contributed by atoms with Gasteiger partial charge in [0.25, 0.3) is 0 Å². The maximum Gasteiger partial charge on any atom is 0.437 e. The van der Waals surface area contributed by atoms with Gasteiger partial charge in [0.2, 0.25) is 5.72 Å². The fourth-order valence-electron chi connectivity index (χ4n) is 3.25. The summed E-state index contributed by atoms with van der Waals surface area (Å²) < 4.78 is 46.6. The van der Waals surface area contributed by atoms with Crippen LogP contribution in [-0.4, -0.2) is 35.9 Å². The second-order valence-electron chi connectivity index (χ2n) is 6.47. The van der Waals surface area contributed by atoms with Crippen LogP contribution in [-0.2, 0) is 0 Å². The van der Waals surface area contributed by atoms with E-state index in [0.29, 0.717) is 5.75 Å². The van der Waals surface area contributed by atoms with Crippen molar-refractivity contribution in [3.8, 4) is 5.75 Å². The summed E-state index contributed by atoms with van der Waals surface area (Å²) in [6.45, 7) is 0. The van der Waals surface area contributed by atoms with Crippen LogP contribution in [0.4, 0.5) is 18.0 Å². The van der Waals surface area contributed by atoms with Gasteiger partial charge < -0.3 is 20.5 Å². The summed E-state index contributed by atoms with van der Waals surface area (Å²) in [5.74, 6) is -2.83. The molecule has 0 aromatic heterocycles. The summed E-state index contributed by atoms with van der Waals surface area (Å²) in [6.07, 6.45) is -5.32. The minimum Gasteiger partial charge on any atom is -0.497 e. The highest BCUT2D eigenvalue weighted by Gasteiger charge is 2.66. The third kappa shape index (κ3) is 3.88. The summed E-state index contributed by atoms with van der Waals surface area (Å²) in [7, 11) is 1.36. The van der Waals surface area contributed by atoms with E-state index in [1.54, 1.807) is 6.07 Å². The number of aliphatic hydroxyl groups is 1. The van der Waals surface area contributed by atoms with Crippen molar-refractivity contribution >= 4 is 23.4 Å². The van der Waals surface area contributed by atoms with Crippen LogP contribution in [0.3, 0.4) is 0 Å². The second-order valence-corrected chi connectivity index (χ2v) is 6.90. The van der Waals surface area contributed by atoms with Crippen molar-refractivity contribution < 1.29 is 32.6 Å². The summed E-state index contributed by atoms with van der Waals surface area (Å²) in [5, 5.41) is 14.6. The van der Waals surface area contributed by atoms with Crippen LogP contribution in [0.2, 0.25) is 5.02 Å². The molecule has 3 atom stereocenters. The Morgan fingerprint density at radius 1 is 1.21 bits per heavy atom. The molecule has 0 radical (unpaired) electrons. The van der Waals surface area contributed by atoms with Crippen molar-refractivity contribution in [1.29, 1.82) is 0 Å². The highest BCUT2D eigenvalue weighted by atomic mass is 35.5. The fourth-order valence-corrected chi connectivity index (χ4v) is 3.37. The minimum atomic E-state index is -5.32. The number of alkyl halides is 3. The molecule has 1 aliphatic rings. The average molecular weight is 429 g/mol. The number of halogens is 4. The molecule has 3 N–H and O–H groups in total. The Hall–Kier alpha value is -2.78. The molecule has 0 bridgehead atoms. The van der Waals surface area contributed by atoms with Crippen LogP contribution < -0.4 is 15.4 Å². The first kappa shape index (κ1) is 20.9. The van der Waals surface area contributed by atoms with E-state index >= 15 is 0 Å². The Morgan fingerprint density at radius 2 is 1.86 bits per heavy atom. The predicted octanol–water partition coefficient (Wildman–Crippen LogP) is 3.45. The molecule has 154 valence electrons. The number of nitrogens with one attached hydrogen (secondary N) is 2. The smallest absolute Gasteiger partial charge is 0.437 e. The van der Waals surface area contributed by atoms with Gasteiger partial charge in [-0.15, -0.1) is 0 Å². The molecule has 6 nitrogen and oxygen atoms in total. The number of amides is 2. The summed E-state index contributed by atoms with van der Waals surface area (Å²) in [6, 6.07) is 8.31. The van der Waals surface area contributed by atoms with Crippen LogP contribution >= 0.6 is 11.6 Å². The Bertz CT molecular complexity index is 936. The molecule has 0 spiro atoms. The van der Waals surface area contributed by atoms with Crippen LogP contribution in [0.15, 0.2) is 48.5 Å². The number of rotatable bonds is 4. The number of ether oxygens (including phenoxy) is 1. The lowest BCUT2D eigenvalue weighted by molar-refractivity contribution is -0.287. The largest absolute Gasteiger partial charge is 0.497 e. The molecule has 3 rings (SSSR count). The SMILES string of the molecule is COc1cccc([C@H]2NC(=O)N[C@](O)(C(F)(F)F)[C@@H]2C(=O)c2ccc(Cl)cc2)c1. The summed E-state index contributed by atoms with van der Waals surface area (Å²) >= 11 is 5.78. The van der Waals surface area contributed by atoms with Crippen molar-refractivity contribution in [3.05, 3.63) is 64.7 Å². The Labute approximate surface area is 168 Å². The lowest BCUT2D eigenvalue weighted by atomic mass is 9.77. The molecule has 0 aliphatic carbocycles. The molecule has 1 aliphatic heterocycles. The van der Waals surface area contributed by atoms with Gasteiger partial charge in [-0.2, -0.15) is 13.2 Å². The van der Waals surface area contributed by atoms with Gasteiger partial charge >= 0.3 is 12.2 Å². The first-order chi connectivity index (χ1) is 13.6. The van der Waals surface area contributed by atoms with Crippen LogP contribution in [0.5, 0.6) is 5.75 Å². The topological polar surface area (TPSA) is 87.7 Å². The second kappa shape index (κ2) is 7.57. The number of carbonyl (C=O) groups excluding carboxylic acids is 2. The van der Waals surface area contributed by atoms with E-state index in [2.05, 4.69) is 5.32 Å². The highest BCUT2D eigenvalue weighted by molar-refractivity contribution is 6.30. The summed E-state index contributed by atoms with van der Waals surface area (Å²) in [4.78, 5) is 25.1. The minimum absolute atomic E-state index is 0.104. The van der Waals surface area contributed by atoms with Crippen molar-refractivity contribution in [2.75, 3.05) is 7.11 Å². The van der Waals surface area contributed by atoms with Gasteiger partial charge in [0.15, 0.2) is 5.78 Å². The number of benzene rings is 2. The normalized spacial score (nSPS) is 24.4. The molecular weight excluding hydrogens is 413 g/mol. The Kier molecular flexibility index (Phi) is 5.46. The van der Waals surface area contributed by atoms with Crippen molar-refractivity contribution in [1.82, 2.24) is 10.6 Å². The molecule has 2 aromatic rings. The van der Waals surface area contributed by atoms with E-state index in [1.165, 1.54) is 54.9 Å². The van der Waals surface area contributed by atoms with Gasteiger partial charge in [-0.1, -0.05) is 23.7 Å². The number of ketones is 1. The molecule has 2 amide bonds. The molecule has 0 saturated carbocycles. The first-order valence-corrected chi connectivity index (χ1v) is 8.76. The molecule has 1 saturated heterocycles. The van der Waals surface area contributed by atoms with Gasteiger partial charge in [-0.3, -0.25) is 4.79 Å². The quantitative estimate of drug-likeness (QED) is 0.651. The molecule has 10 heteroatoms. The third-order valence-electron chi connectivity index (χ3n) is 4.67. The van der Waals surface area contributed by atoms with E-state index < -0.39 is 35.7 Å². The van der Waals surface area contributed by atoms with Gasteiger partial charge in [0.05, 0.1) is 13.2 Å².